The van der Waals surface area contributed by atoms with Crippen molar-refractivity contribution < 1.29 is 22.3 Å². The number of hydrogen-bond acceptors (Lipinski definition) is 6. The summed E-state index contributed by atoms with van der Waals surface area (Å²) in [6.45, 7) is 3.52. The predicted octanol–water partition coefficient (Wildman–Crippen LogP) is 5.67. The minimum atomic E-state index is -4.48. The highest BCUT2D eigenvalue weighted by molar-refractivity contribution is 7.91. The molecule has 2 heterocycles. The fourth-order valence-electron chi connectivity index (χ4n) is 4.32. The van der Waals surface area contributed by atoms with Crippen molar-refractivity contribution in [1.82, 2.24) is 9.97 Å². The first-order chi connectivity index (χ1) is 18.1. The summed E-state index contributed by atoms with van der Waals surface area (Å²) in [5.74, 6) is -1.86. The summed E-state index contributed by atoms with van der Waals surface area (Å²) in [5.41, 5.74) is 1.22. The Hall–Kier alpha value is -4.05. The SMILES string of the molecule is CCCCc1[nH]c(=O)c(S(=O)(=O)c2ccc(-c3ccnc(F)c3C)cc2)c(O)c1N(C)c1cccc(F)c1. The van der Waals surface area contributed by atoms with Gasteiger partial charge in [0.1, 0.15) is 11.5 Å². The molecule has 0 aliphatic rings. The second-order valence-corrected chi connectivity index (χ2v) is 10.8. The minimum Gasteiger partial charge on any atom is -0.504 e. The third kappa shape index (κ3) is 5.04. The quantitative estimate of drug-likeness (QED) is 0.280. The molecule has 0 atom stereocenters. The number of pyridine rings is 2. The molecule has 10 heteroatoms. The predicted molar refractivity (Wildman–Crippen MR) is 142 cm³/mol. The number of nitrogens with zero attached hydrogens (tertiary/aromatic N) is 2. The van der Waals surface area contributed by atoms with Crippen molar-refractivity contribution >= 4 is 21.2 Å². The maximum atomic E-state index is 13.9. The Morgan fingerprint density at radius 2 is 1.79 bits per heavy atom. The molecule has 0 amide bonds. The molecule has 198 valence electrons. The van der Waals surface area contributed by atoms with Gasteiger partial charge in [-0.3, -0.25) is 4.79 Å². The number of unbranched alkanes of at least 4 members (excludes halogenated alkanes) is 1. The standard InChI is InChI=1S/C28H27F2N3O4S/c1-4-5-9-23-24(33(3)20-8-6-7-19(29)16-20)25(34)26(28(35)32-23)38(36,37)21-12-10-18(11-13-21)22-14-15-31-27(30)17(22)2/h6-8,10-16H,4-5,9H2,1-3H3,(H2,32,34,35). The molecule has 0 aliphatic heterocycles. The van der Waals surface area contributed by atoms with Gasteiger partial charge >= 0.3 is 0 Å². The first-order valence-electron chi connectivity index (χ1n) is 12.0. The molecular formula is C28H27F2N3O4S. The number of benzene rings is 2. The molecule has 38 heavy (non-hydrogen) atoms. The van der Waals surface area contributed by atoms with Crippen molar-refractivity contribution in [2.24, 2.45) is 0 Å². The third-order valence-electron chi connectivity index (χ3n) is 6.39. The van der Waals surface area contributed by atoms with Gasteiger partial charge in [-0.2, -0.15) is 4.39 Å². The fourth-order valence-corrected chi connectivity index (χ4v) is 5.70. The van der Waals surface area contributed by atoms with Crippen LogP contribution in [-0.4, -0.2) is 30.5 Å². The largest absolute Gasteiger partial charge is 0.504 e. The smallest absolute Gasteiger partial charge is 0.271 e. The molecule has 0 radical (unpaired) electrons. The summed E-state index contributed by atoms with van der Waals surface area (Å²) < 4.78 is 55.1. The van der Waals surface area contributed by atoms with Gasteiger partial charge in [0.25, 0.3) is 5.56 Å². The fraction of sp³-hybridized carbons (Fsp3) is 0.214. The van der Waals surface area contributed by atoms with Gasteiger partial charge in [-0.25, -0.2) is 17.8 Å². The van der Waals surface area contributed by atoms with Crippen LogP contribution in [0.2, 0.25) is 0 Å². The molecule has 0 spiro atoms. The lowest BCUT2D eigenvalue weighted by Crippen LogP contribution is -2.24. The van der Waals surface area contributed by atoms with E-state index in [2.05, 4.69) is 9.97 Å². The van der Waals surface area contributed by atoms with Gasteiger partial charge in [-0.05, 0) is 67.3 Å². The molecule has 7 nitrogen and oxygen atoms in total. The molecule has 4 aromatic rings. The summed E-state index contributed by atoms with van der Waals surface area (Å²) in [4.78, 5) is 19.7. The van der Waals surface area contributed by atoms with Gasteiger partial charge in [0.15, 0.2) is 10.6 Å². The van der Waals surface area contributed by atoms with Crippen LogP contribution in [0.25, 0.3) is 11.1 Å². The van der Waals surface area contributed by atoms with Crippen LogP contribution in [-0.2, 0) is 16.3 Å². The Morgan fingerprint density at radius 3 is 2.45 bits per heavy atom. The van der Waals surface area contributed by atoms with E-state index in [-0.39, 0.29) is 10.6 Å². The topological polar surface area (TPSA) is 103 Å². The van der Waals surface area contributed by atoms with E-state index in [1.54, 1.807) is 26.1 Å². The summed E-state index contributed by atoms with van der Waals surface area (Å²) >= 11 is 0. The van der Waals surface area contributed by atoms with Crippen molar-refractivity contribution in [3.05, 3.63) is 94.2 Å². The number of sulfone groups is 1. The number of aryl methyl sites for hydroxylation is 1. The summed E-state index contributed by atoms with van der Waals surface area (Å²) in [6, 6.07) is 12.8. The van der Waals surface area contributed by atoms with E-state index < -0.39 is 37.8 Å². The average Bonchev–Trinajstić information content (AvgIpc) is 2.88. The number of rotatable bonds is 8. The highest BCUT2D eigenvalue weighted by atomic mass is 32.2. The molecule has 2 N–H and O–H groups in total. The lowest BCUT2D eigenvalue weighted by atomic mass is 10.0. The number of nitrogens with one attached hydrogen (secondary N) is 1. The summed E-state index contributed by atoms with van der Waals surface area (Å²) in [6.07, 6.45) is 3.14. The van der Waals surface area contributed by atoms with Crippen LogP contribution in [0, 0.1) is 18.7 Å². The number of aromatic hydroxyl groups is 1. The molecule has 0 fully saturated rings. The van der Waals surface area contributed by atoms with Crippen molar-refractivity contribution in [3.8, 4) is 16.9 Å². The third-order valence-corrected chi connectivity index (χ3v) is 8.20. The van der Waals surface area contributed by atoms with Crippen molar-refractivity contribution in [3.63, 3.8) is 0 Å². The second kappa shape index (κ2) is 10.7. The minimum absolute atomic E-state index is 0.0710. The number of anilines is 2. The maximum absolute atomic E-state index is 13.9. The molecule has 0 aliphatic carbocycles. The van der Waals surface area contributed by atoms with Crippen LogP contribution in [0.4, 0.5) is 20.2 Å². The Balaban J connectivity index is 1.84. The van der Waals surface area contributed by atoms with Crippen LogP contribution in [0.5, 0.6) is 5.75 Å². The van der Waals surface area contributed by atoms with E-state index in [9.17, 15) is 27.1 Å². The van der Waals surface area contributed by atoms with Crippen molar-refractivity contribution in [2.45, 2.75) is 42.9 Å². The van der Waals surface area contributed by atoms with Crippen LogP contribution in [0.3, 0.4) is 0 Å². The first kappa shape index (κ1) is 27.0. The number of aromatic nitrogens is 2. The molecule has 4 rings (SSSR count). The van der Waals surface area contributed by atoms with Gasteiger partial charge in [0.05, 0.1) is 4.90 Å². The zero-order valence-corrected chi connectivity index (χ0v) is 21.9. The lowest BCUT2D eigenvalue weighted by molar-refractivity contribution is 0.455. The van der Waals surface area contributed by atoms with Gasteiger partial charge in [-0.1, -0.05) is 31.5 Å². The second-order valence-electron chi connectivity index (χ2n) is 8.90. The maximum Gasteiger partial charge on any atom is 0.271 e. The van der Waals surface area contributed by atoms with E-state index in [0.29, 0.717) is 40.9 Å². The lowest BCUT2D eigenvalue weighted by Gasteiger charge is -2.24. The zero-order valence-electron chi connectivity index (χ0n) is 21.1. The molecular weight excluding hydrogens is 512 g/mol. The van der Waals surface area contributed by atoms with Crippen molar-refractivity contribution in [2.75, 3.05) is 11.9 Å². The van der Waals surface area contributed by atoms with Gasteiger partial charge in [0, 0.05) is 30.2 Å². The molecule has 0 saturated carbocycles. The van der Waals surface area contributed by atoms with Gasteiger partial charge in [-0.15, -0.1) is 0 Å². The zero-order chi connectivity index (χ0) is 27.6. The first-order valence-corrected chi connectivity index (χ1v) is 13.5. The van der Waals surface area contributed by atoms with Crippen LogP contribution >= 0.6 is 0 Å². The number of hydrogen-bond donors (Lipinski definition) is 2. The van der Waals surface area contributed by atoms with E-state index in [1.165, 1.54) is 53.6 Å². The Kier molecular flexibility index (Phi) is 7.63. The van der Waals surface area contributed by atoms with Crippen molar-refractivity contribution in [1.29, 1.82) is 0 Å². The molecule has 0 bridgehead atoms. The van der Waals surface area contributed by atoms with Crippen LogP contribution in [0.15, 0.2) is 75.4 Å². The number of H-pyrrole nitrogens is 1. The van der Waals surface area contributed by atoms with Gasteiger partial charge < -0.3 is 15.0 Å². The highest BCUT2D eigenvalue weighted by Crippen LogP contribution is 2.39. The van der Waals surface area contributed by atoms with E-state index >= 15 is 0 Å². The summed E-state index contributed by atoms with van der Waals surface area (Å²) in [5, 5.41) is 11.3. The Bertz CT molecular complexity index is 1650. The Labute approximate surface area is 219 Å². The van der Waals surface area contributed by atoms with E-state index in [4.69, 9.17) is 0 Å². The molecule has 0 unspecified atom stereocenters. The molecule has 0 saturated heterocycles. The summed E-state index contributed by atoms with van der Waals surface area (Å²) in [7, 11) is -2.93. The van der Waals surface area contributed by atoms with Crippen LogP contribution in [0.1, 0.15) is 31.0 Å². The number of aromatic amines is 1. The van der Waals surface area contributed by atoms with E-state index in [0.717, 1.165) is 6.42 Å². The average molecular weight is 540 g/mol. The van der Waals surface area contributed by atoms with Gasteiger partial charge in [0.2, 0.25) is 15.8 Å². The highest BCUT2D eigenvalue weighted by Gasteiger charge is 2.31. The van der Waals surface area contributed by atoms with Crippen LogP contribution < -0.4 is 10.5 Å². The molecule has 2 aromatic carbocycles. The number of halogens is 2. The molecule has 2 aromatic heterocycles. The normalized spacial score (nSPS) is 11.5. The Morgan fingerprint density at radius 1 is 1.08 bits per heavy atom. The monoisotopic (exact) mass is 539 g/mol. The van der Waals surface area contributed by atoms with E-state index in [1.807, 2.05) is 6.92 Å².